The van der Waals surface area contributed by atoms with Crippen molar-refractivity contribution >= 4 is 17.5 Å². The van der Waals surface area contributed by atoms with E-state index in [1.54, 1.807) is 30.7 Å². The number of hydrogen-bond acceptors (Lipinski definition) is 7. The van der Waals surface area contributed by atoms with Gasteiger partial charge in [-0.25, -0.2) is 9.97 Å². The quantitative estimate of drug-likeness (QED) is 0.302. The van der Waals surface area contributed by atoms with Crippen molar-refractivity contribution in [1.29, 1.82) is 5.26 Å². The number of rotatable bonds is 9. The van der Waals surface area contributed by atoms with E-state index in [4.69, 9.17) is 0 Å². The Morgan fingerprint density at radius 3 is 2.79 bits per heavy atom. The van der Waals surface area contributed by atoms with Gasteiger partial charge >= 0.3 is 0 Å². The van der Waals surface area contributed by atoms with E-state index in [9.17, 15) is 10.1 Å². The summed E-state index contributed by atoms with van der Waals surface area (Å²) in [5.41, 5.74) is 3.62. The van der Waals surface area contributed by atoms with Crippen LogP contribution in [0.3, 0.4) is 0 Å². The molecule has 4 aromatic rings. The van der Waals surface area contributed by atoms with Crippen LogP contribution in [-0.4, -0.2) is 30.6 Å². The first-order valence-corrected chi connectivity index (χ1v) is 12.9. The highest BCUT2D eigenvalue weighted by Gasteiger charge is 2.27. The Bertz CT molecular complexity index is 1420. The number of pyridine rings is 1. The molecule has 0 aliphatic heterocycles. The van der Waals surface area contributed by atoms with E-state index in [0.717, 1.165) is 29.8 Å². The molecule has 0 radical (unpaired) electrons. The van der Waals surface area contributed by atoms with Gasteiger partial charge in [0.05, 0.1) is 42.2 Å². The minimum Gasteiger partial charge on any atom is -0.344 e. The van der Waals surface area contributed by atoms with E-state index in [1.165, 1.54) is 12.8 Å². The molecule has 3 aromatic heterocycles. The second kappa shape index (κ2) is 11.6. The first-order chi connectivity index (χ1) is 18.6. The van der Waals surface area contributed by atoms with Gasteiger partial charge in [0.15, 0.2) is 0 Å². The number of nitrogens with one attached hydrogen (secondary N) is 2. The molecule has 192 valence electrons. The average molecular weight is 507 g/mol. The third-order valence-electron chi connectivity index (χ3n) is 7.00. The van der Waals surface area contributed by atoms with Gasteiger partial charge < -0.3 is 10.6 Å². The maximum atomic E-state index is 12.8. The maximum Gasteiger partial charge on any atom is 0.251 e. The number of benzene rings is 1. The molecule has 2 N–H and O–H groups in total. The van der Waals surface area contributed by atoms with Gasteiger partial charge in [-0.3, -0.25) is 14.5 Å². The highest BCUT2D eigenvalue weighted by Crippen LogP contribution is 2.36. The minimum absolute atomic E-state index is 0.0879. The Kier molecular flexibility index (Phi) is 7.69. The van der Waals surface area contributed by atoms with Crippen molar-refractivity contribution < 1.29 is 4.79 Å². The number of aromatic nitrogens is 5. The molecule has 9 heteroatoms. The highest BCUT2D eigenvalue weighted by molar-refractivity contribution is 5.95. The molecule has 3 heterocycles. The molecule has 1 aromatic carbocycles. The number of nitriles is 1. The molecule has 0 saturated heterocycles. The fourth-order valence-electron chi connectivity index (χ4n) is 5.00. The van der Waals surface area contributed by atoms with E-state index in [-0.39, 0.29) is 18.0 Å². The predicted molar refractivity (Wildman–Crippen MR) is 144 cm³/mol. The number of anilines is 2. The second-order valence-electron chi connectivity index (χ2n) is 9.60. The van der Waals surface area contributed by atoms with Gasteiger partial charge in [-0.05, 0) is 62.1 Å². The van der Waals surface area contributed by atoms with Crippen LogP contribution in [0.4, 0.5) is 11.6 Å². The molecule has 0 spiro atoms. The van der Waals surface area contributed by atoms with Crippen LogP contribution in [0.2, 0.25) is 0 Å². The fraction of sp³-hybridized carbons (Fsp3) is 0.310. The molecule has 2 unspecified atom stereocenters. The summed E-state index contributed by atoms with van der Waals surface area (Å²) in [4.78, 5) is 26.2. The first-order valence-electron chi connectivity index (χ1n) is 12.9. The van der Waals surface area contributed by atoms with Crippen LogP contribution in [0.5, 0.6) is 0 Å². The lowest BCUT2D eigenvalue weighted by atomic mass is 9.96. The van der Waals surface area contributed by atoms with Gasteiger partial charge in [0.25, 0.3) is 5.91 Å². The zero-order chi connectivity index (χ0) is 26.3. The summed E-state index contributed by atoms with van der Waals surface area (Å²) in [6, 6.07) is 16.9. The zero-order valence-corrected chi connectivity index (χ0v) is 21.3. The molecule has 1 amide bonds. The van der Waals surface area contributed by atoms with Crippen LogP contribution < -0.4 is 10.6 Å². The van der Waals surface area contributed by atoms with E-state index < -0.39 is 0 Å². The summed E-state index contributed by atoms with van der Waals surface area (Å²) in [6.07, 6.45) is 12.3. The lowest BCUT2D eigenvalue weighted by molar-refractivity contribution is 0.0939. The van der Waals surface area contributed by atoms with Crippen molar-refractivity contribution in [2.24, 2.45) is 5.92 Å². The Morgan fingerprint density at radius 1 is 1.13 bits per heavy atom. The average Bonchev–Trinajstić information content (AvgIpc) is 3.66. The van der Waals surface area contributed by atoms with Crippen molar-refractivity contribution in [2.45, 2.75) is 51.1 Å². The topological polar surface area (TPSA) is 121 Å². The van der Waals surface area contributed by atoms with Crippen LogP contribution in [0, 0.1) is 17.2 Å². The monoisotopic (exact) mass is 506 g/mol. The number of amides is 1. The number of nitrogens with zero attached hydrogens (tertiary/aromatic N) is 6. The molecular weight excluding hydrogens is 476 g/mol. The van der Waals surface area contributed by atoms with Crippen LogP contribution in [0.15, 0.2) is 73.3 Å². The molecule has 38 heavy (non-hydrogen) atoms. The Hall–Kier alpha value is -4.58. The van der Waals surface area contributed by atoms with Gasteiger partial charge in [-0.1, -0.05) is 25.0 Å². The maximum absolute atomic E-state index is 12.8. The van der Waals surface area contributed by atoms with Crippen molar-refractivity contribution in [3.8, 4) is 17.3 Å². The fourth-order valence-corrected chi connectivity index (χ4v) is 5.00. The van der Waals surface area contributed by atoms with Crippen LogP contribution in [0.25, 0.3) is 11.3 Å². The molecule has 1 saturated carbocycles. The minimum atomic E-state index is -0.220. The van der Waals surface area contributed by atoms with Gasteiger partial charge in [0, 0.05) is 35.4 Å². The van der Waals surface area contributed by atoms with Gasteiger partial charge in [0.2, 0.25) is 5.95 Å². The molecule has 0 bridgehead atoms. The molecule has 1 aliphatic carbocycles. The van der Waals surface area contributed by atoms with Crippen molar-refractivity contribution in [2.75, 3.05) is 5.32 Å². The normalized spacial score (nSPS) is 14.9. The Morgan fingerprint density at radius 2 is 2.00 bits per heavy atom. The van der Waals surface area contributed by atoms with Gasteiger partial charge in [-0.2, -0.15) is 10.4 Å². The number of hydrogen-bond donors (Lipinski definition) is 2. The van der Waals surface area contributed by atoms with Crippen LogP contribution in [-0.2, 0) is 0 Å². The summed E-state index contributed by atoms with van der Waals surface area (Å²) in [6.45, 7) is 1.90. The highest BCUT2D eigenvalue weighted by atomic mass is 16.1. The van der Waals surface area contributed by atoms with Crippen LogP contribution in [0.1, 0.15) is 67.2 Å². The second-order valence-corrected chi connectivity index (χ2v) is 9.60. The first kappa shape index (κ1) is 25.1. The number of carbonyl (C=O) groups excluding carboxylic acids is 1. The lowest BCUT2D eigenvalue weighted by Crippen LogP contribution is -2.27. The van der Waals surface area contributed by atoms with E-state index in [2.05, 4.69) is 36.8 Å². The summed E-state index contributed by atoms with van der Waals surface area (Å²) in [5, 5.41) is 20.1. The van der Waals surface area contributed by atoms with Crippen molar-refractivity contribution in [3.05, 3.63) is 84.6 Å². The summed E-state index contributed by atoms with van der Waals surface area (Å²) in [5.74, 6) is 0.712. The van der Waals surface area contributed by atoms with E-state index in [1.807, 2.05) is 54.2 Å². The third-order valence-corrected chi connectivity index (χ3v) is 7.00. The lowest BCUT2D eigenvalue weighted by Gasteiger charge is -2.21. The smallest absolute Gasteiger partial charge is 0.251 e. The van der Waals surface area contributed by atoms with Crippen molar-refractivity contribution in [3.63, 3.8) is 0 Å². The summed E-state index contributed by atoms with van der Waals surface area (Å²) < 4.78 is 1.93. The van der Waals surface area contributed by atoms with Gasteiger partial charge in [0.1, 0.15) is 0 Å². The third kappa shape index (κ3) is 5.86. The van der Waals surface area contributed by atoms with E-state index >= 15 is 0 Å². The van der Waals surface area contributed by atoms with Crippen LogP contribution >= 0.6 is 0 Å². The molecule has 1 fully saturated rings. The van der Waals surface area contributed by atoms with E-state index in [0.29, 0.717) is 29.5 Å². The SMILES string of the molecule is CC(NC(=O)c1cccc(Nc2nccc(-c3cnn(C(CC#N)C4CCCC4)c3)n2)c1)c1ccccn1. The van der Waals surface area contributed by atoms with Gasteiger partial charge in [-0.15, -0.1) is 0 Å². The molecule has 1 aliphatic rings. The molecule has 5 rings (SSSR count). The molecule has 2 atom stereocenters. The molecule has 9 nitrogen and oxygen atoms in total. The summed E-state index contributed by atoms with van der Waals surface area (Å²) >= 11 is 0. The summed E-state index contributed by atoms with van der Waals surface area (Å²) in [7, 11) is 0. The largest absolute Gasteiger partial charge is 0.344 e. The predicted octanol–water partition coefficient (Wildman–Crippen LogP) is 5.61. The standard InChI is InChI=1S/C29H30N8O/c1-20(25-11-4-5-15-31-25)34-28(38)22-9-6-10-24(17-22)35-29-32-16-13-26(36-29)23-18-33-37(19-23)27(12-14-30)21-7-2-3-8-21/h4-6,9-11,13,15-21,27H,2-3,7-8,12H2,1H3,(H,34,38)(H,32,35,36). The van der Waals surface area contributed by atoms with Crippen molar-refractivity contribution in [1.82, 2.24) is 30.0 Å². The zero-order valence-electron chi connectivity index (χ0n) is 21.3. The Labute approximate surface area is 222 Å². The number of carbonyl (C=O) groups is 1. The molecular formula is C29H30N8O. The Balaban J connectivity index is 1.28.